The number of anilines is 2. The molecule has 0 aromatic heterocycles. The largest absolute Gasteiger partial charge is 0.382 e. The average molecular weight is 266 g/mol. The zero-order chi connectivity index (χ0) is 14.3. The second kappa shape index (κ2) is 7.20. The van der Waals surface area contributed by atoms with Crippen molar-refractivity contribution in [2.24, 2.45) is 0 Å². The highest BCUT2D eigenvalue weighted by atomic mass is 16.6. The maximum absolute atomic E-state index is 11.5. The third-order valence-electron chi connectivity index (χ3n) is 2.50. The van der Waals surface area contributed by atoms with E-state index in [0.29, 0.717) is 17.9 Å². The number of hydrogen-bond acceptors (Lipinski definition) is 5. The van der Waals surface area contributed by atoms with Gasteiger partial charge in [0.05, 0.1) is 11.5 Å². The molecule has 7 heteroatoms. The Bertz CT molecular complexity index is 462. The summed E-state index contributed by atoms with van der Waals surface area (Å²) in [7, 11) is 1.61. The summed E-state index contributed by atoms with van der Waals surface area (Å²) >= 11 is 0. The molecule has 19 heavy (non-hydrogen) atoms. The fourth-order valence-electron chi connectivity index (χ4n) is 1.59. The molecule has 0 aliphatic carbocycles. The molecule has 1 rings (SSSR count). The predicted molar refractivity (Wildman–Crippen MR) is 74.4 cm³/mol. The minimum Gasteiger partial charge on any atom is -0.382 e. The summed E-state index contributed by atoms with van der Waals surface area (Å²) < 4.78 is 0. The number of para-hydroxylation sites is 1. The Morgan fingerprint density at radius 1 is 1.37 bits per heavy atom. The number of hydrogen-bond donors (Lipinski definition) is 3. The molecule has 0 aliphatic rings. The molecule has 0 unspecified atom stereocenters. The first-order valence-electron chi connectivity index (χ1n) is 6.05. The number of nitro benzene ring substituents is 1. The number of nitrogens with zero attached hydrogens (tertiary/aromatic N) is 1. The fraction of sp³-hybridized carbons (Fsp3) is 0.417. The zero-order valence-electron chi connectivity index (χ0n) is 11.0. The van der Waals surface area contributed by atoms with Crippen molar-refractivity contribution in [1.29, 1.82) is 0 Å². The number of carbonyl (C=O) groups is 1. The Hall–Kier alpha value is -2.31. The van der Waals surface area contributed by atoms with Gasteiger partial charge >= 0.3 is 5.69 Å². The Morgan fingerprint density at radius 2 is 2.05 bits per heavy atom. The van der Waals surface area contributed by atoms with Crippen LogP contribution >= 0.6 is 0 Å². The van der Waals surface area contributed by atoms with Gasteiger partial charge in [-0.1, -0.05) is 13.0 Å². The molecule has 1 amide bonds. The van der Waals surface area contributed by atoms with Crippen LogP contribution in [0.15, 0.2) is 18.2 Å². The van der Waals surface area contributed by atoms with Crippen molar-refractivity contribution in [1.82, 2.24) is 5.32 Å². The van der Waals surface area contributed by atoms with Gasteiger partial charge in [0.15, 0.2) is 0 Å². The summed E-state index contributed by atoms with van der Waals surface area (Å²) in [5, 5.41) is 19.3. The Labute approximate surface area is 111 Å². The van der Waals surface area contributed by atoms with Crippen molar-refractivity contribution in [3.05, 3.63) is 28.3 Å². The second-order valence-electron chi connectivity index (χ2n) is 3.91. The number of amides is 1. The van der Waals surface area contributed by atoms with Gasteiger partial charge in [0.1, 0.15) is 11.4 Å². The second-order valence-corrected chi connectivity index (χ2v) is 3.91. The summed E-state index contributed by atoms with van der Waals surface area (Å²) in [5.74, 6) is -0.189. The standard InChI is InChI=1S/C12H18N4O3/c1-3-7-14-11(17)8-15-10-6-4-5-9(13-2)12(10)16(18)19/h4-6,13,15H,3,7-8H2,1-2H3,(H,14,17). The Morgan fingerprint density at radius 3 is 2.63 bits per heavy atom. The summed E-state index contributed by atoms with van der Waals surface area (Å²) in [6.45, 7) is 2.56. The van der Waals surface area contributed by atoms with Gasteiger partial charge in [-0.3, -0.25) is 14.9 Å². The first-order chi connectivity index (χ1) is 9.10. The third-order valence-corrected chi connectivity index (χ3v) is 2.50. The molecular weight excluding hydrogens is 248 g/mol. The summed E-state index contributed by atoms with van der Waals surface area (Å²) in [4.78, 5) is 22.0. The molecule has 0 saturated heterocycles. The van der Waals surface area contributed by atoms with Crippen molar-refractivity contribution < 1.29 is 9.72 Å². The Kier molecular flexibility index (Phi) is 5.59. The van der Waals surface area contributed by atoms with E-state index in [1.165, 1.54) is 0 Å². The van der Waals surface area contributed by atoms with Crippen molar-refractivity contribution in [2.45, 2.75) is 13.3 Å². The first kappa shape index (κ1) is 14.7. The number of carbonyl (C=O) groups excluding carboxylic acids is 1. The molecular formula is C12H18N4O3. The summed E-state index contributed by atoms with van der Waals surface area (Å²) in [5.41, 5.74) is 0.667. The van der Waals surface area contributed by atoms with Crippen LogP contribution < -0.4 is 16.0 Å². The molecule has 0 aliphatic heterocycles. The molecule has 7 nitrogen and oxygen atoms in total. The van der Waals surface area contributed by atoms with Gasteiger partial charge in [0.25, 0.3) is 0 Å². The van der Waals surface area contributed by atoms with Crippen molar-refractivity contribution >= 4 is 23.0 Å². The molecule has 0 radical (unpaired) electrons. The highest BCUT2D eigenvalue weighted by Crippen LogP contribution is 2.32. The van der Waals surface area contributed by atoms with E-state index in [1.807, 2.05) is 6.92 Å². The van der Waals surface area contributed by atoms with E-state index in [0.717, 1.165) is 6.42 Å². The molecule has 0 saturated carbocycles. The molecule has 0 bridgehead atoms. The molecule has 3 N–H and O–H groups in total. The van der Waals surface area contributed by atoms with E-state index in [9.17, 15) is 14.9 Å². The van der Waals surface area contributed by atoms with Crippen LogP contribution in [0.4, 0.5) is 17.1 Å². The van der Waals surface area contributed by atoms with E-state index in [2.05, 4.69) is 16.0 Å². The molecule has 104 valence electrons. The number of rotatable bonds is 7. The molecule has 1 aromatic rings. The maximum atomic E-state index is 11.5. The number of nitro groups is 1. The van der Waals surface area contributed by atoms with Gasteiger partial charge in [-0.25, -0.2) is 0 Å². The van der Waals surface area contributed by atoms with Crippen molar-refractivity contribution in [2.75, 3.05) is 30.8 Å². The number of benzene rings is 1. The van der Waals surface area contributed by atoms with Crippen LogP contribution in [0.25, 0.3) is 0 Å². The molecule has 0 heterocycles. The van der Waals surface area contributed by atoms with E-state index < -0.39 is 4.92 Å². The lowest BCUT2D eigenvalue weighted by Crippen LogP contribution is -2.30. The van der Waals surface area contributed by atoms with Crippen molar-refractivity contribution in [3.63, 3.8) is 0 Å². The average Bonchev–Trinajstić information content (AvgIpc) is 2.41. The maximum Gasteiger partial charge on any atom is 0.315 e. The smallest absolute Gasteiger partial charge is 0.315 e. The van der Waals surface area contributed by atoms with Gasteiger partial charge in [-0.05, 0) is 18.6 Å². The van der Waals surface area contributed by atoms with Crippen LogP contribution in [0.1, 0.15) is 13.3 Å². The van der Waals surface area contributed by atoms with Gasteiger partial charge in [0.2, 0.25) is 5.91 Å². The quantitative estimate of drug-likeness (QED) is 0.514. The topological polar surface area (TPSA) is 96.3 Å². The molecule has 1 aromatic carbocycles. The molecule has 0 atom stereocenters. The van der Waals surface area contributed by atoms with E-state index in [1.54, 1.807) is 25.2 Å². The number of nitrogens with one attached hydrogen (secondary N) is 3. The van der Waals surface area contributed by atoms with Gasteiger partial charge in [-0.2, -0.15) is 0 Å². The van der Waals surface area contributed by atoms with Crippen LogP contribution in [0.3, 0.4) is 0 Å². The lowest BCUT2D eigenvalue weighted by molar-refractivity contribution is -0.383. The van der Waals surface area contributed by atoms with Crippen LogP contribution in [-0.4, -0.2) is 31.0 Å². The SMILES string of the molecule is CCCNC(=O)CNc1cccc(NC)c1[N+](=O)[O-]. The van der Waals surface area contributed by atoms with E-state index in [-0.39, 0.29) is 18.1 Å². The third kappa shape index (κ3) is 4.13. The Balaban J connectivity index is 2.78. The summed E-state index contributed by atoms with van der Waals surface area (Å²) in [6.07, 6.45) is 0.848. The predicted octanol–water partition coefficient (Wildman–Crippen LogP) is 1.57. The minimum absolute atomic E-state index is 0.00794. The van der Waals surface area contributed by atoms with Gasteiger partial charge in [0, 0.05) is 13.6 Å². The first-order valence-corrected chi connectivity index (χ1v) is 6.05. The molecule has 0 spiro atoms. The fourth-order valence-corrected chi connectivity index (χ4v) is 1.59. The van der Waals surface area contributed by atoms with Crippen LogP contribution in [-0.2, 0) is 4.79 Å². The highest BCUT2D eigenvalue weighted by molar-refractivity contribution is 5.83. The van der Waals surface area contributed by atoms with Crippen LogP contribution in [0.5, 0.6) is 0 Å². The monoisotopic (exact) mass is 266 g/mol. The van der Waals surface area contributed by atoms with E-state index in [4.69, 9.17) is 0 Å². The highest BCUT2D eigenvalue weighted by Gasteiger charge is 2.18. The zero-order valence-corrected chi connectivity index (χ0v) is 11.0. The molecule has 0 fully saturated rings. The summed E-state index contributed by atoms with van der Waals surface area (Å²) in [6, 6.07) is 4.87. The normalized spacial score (nSPS) is 9.79. The minimum atomic E-state index is -0.474. The lowest BCUT2D eigenvalue weighted by atomic mass is 10.2. The van der Waals surface area contributed by atoms with Crippen LogP contribution in [0, 0.1) is 10.1 Å². The lowest BCUT2D eigenvalue weighted by Gasteiger charge is -2.10. The van der Waals surface area contributed by atoms with E-state index >= 15 is 0 Å². The van der Waals surface area contributed by atoms with Gasteiger partial charge < -0.3 is 16.0 Å². The van der Waals surface area contributed by atoms with Crippen LogP contribution in [0.2, 0.25) is 0 Å². The van der Waals surface area contributed by atoms with Gasteiger partial charge in [-0.15, -0.1) is 0 Å². The van der Waals surface area contributed by atoms with Crippen molar-refractivity contribution in [3.8, 4) is 0 Å².